The van der Waals surface area contributed by atoms with Gasteiger partial charge in [0.2, 0.25) is 0 Å². The van der Waals surface area contributed by atoms with Gasteiger partial charge in [-0.2, -0.15) is 0 Å². The van der Waals surface area contributed by atoms with Crippen LogP contribution in [-0.4, -0.2) is 15.7 Å². The summed E-state index contributed by atoms with van der Waals surface area (Å²) < 4.78 is 8.23. The quantitative estimate of drug-likeness (QED) is 0.726. The zero-order valence-electron chi connectivity index (χ0n) is 10.7. The van der Waals surface area contributed by atoms with E-state index >= 15 is 0 Å². The molecule has 4 nitrogen and oxygen atoms in total. The molecule has 0 bridgehead atoms. The Morgan fingerprint density at radius 1 is 1.35 bits per heavy atom. The van der Waals surface area contributed by atoms with Crippen molar-refractivity contribution in [2.45, 2.75) is 19.1 Å². The molecule has 1 aliphatic heterocycles. The van der Waals surface area contributed by atoms with E-state index < -0.39 is 0 Å². The first-order chi connectivity index (χ1) is 9.81. The summed E-state index contributed by atoms with van der Waals surface area (Å²) in [7, 11) is 0. The van der Waals surface area contributed by atoms with Gasteiger partial charge in [-0.15, -0.1) is 11.3 Å². The molecule has 0 amide bonds. The Balaban J connectivity index is 1.63. The van der Waals surface area contributed by atoms with Crippen LogP contribution in [0, 0.1) is 0 Å². The molecule has 2 aromatic heterocycles. The van der Waals surface area contributed by atoms with E-state index in [0.29, 0.717) is 11.2 Å². The zero-order chi connectivity index (χ0) is 13.5. The number of ether oxygens (including phenoxy) is 1. The molecule has 0 aliphatic carbocycles. The van der Waals surface area contributed by atoms with Crippen LogP contribution in [0.3, 0.4) is 0 Å². The minimum absolute atomic E-state index is 0.00399. The monoisotopic (exact) mass is 284 g/mol. The summed E-state index contributed by atoms with van der Waals surface area (Å²) in [5, 5.41) is 1.89. The van der Waals surface area contributed by atoms with Gasteiger partial charge in [0.1, 0.15) is 16.6 Å². The van der Waals surface area contributed by atoms with Crippen molar-refractivity contribution in [2.75, 3.05) is 0 Å². The maximum Gasteiger partial charge on any atom is 0.271 e. The number of thiophene rings is 1. The summed E-state index contributed by atoms with van der Waals surface area (Å²) in [4.78, 5) is 16.6. The fourth-order valence-corrected chi connectivity index (χ4v) is 3.38. The fourth-order valence-electron chi connectivity index (χ4n) is 2.58. The van der Waals surface area contributed by atoms with Crippen molar-refractivity contribution in [3.05, 3.63) is 58.0 Å². The minimum atomic E-state index is 0.00399. The van der Waals surface area contributed by atoms with Gasteiger partial charge in [-0.25, -0.2) is 4.98 Å². The molecule has 100 valence electrons. The molecule has 1 atom stereocenters. The minimum Gasteiger partial charge on any atom is -0.488 e. The molecule has 0 fully saturated rings. The third-order valence-corrected chi connectivity index (χ3v) is 4.44. The van der Waals surface area contributed by atoms with Crippen LogP contribution in [0.15, 0.2) is 46.8 Å². The van der Waals surface area contributed by atoms with Crippen molar-refractivity contribution in [3.63, 3.8) is 0 Å². The molecule has 3 heterocycles. The number of hydrogen-bond donors (Lipinski definition) is 0. The highest BCUT2D eigenvalue weighted by Gasteiger charge is 2.23. The average molecular weight is 284 g/mol. The molecule has 5 heteroatoms. The first kappa shape index (κ1) is 11.7. The van der Waals surface area contributed by atoms with Crippen LogP contribution >= 0.6 is 11.3 Å². The van der Waals surface area contributed by atoms with Crippen LogP contribution in [0.2, 0.25) is 0 Å². The first-order valence-corrected chi connectivity index (χ1v) is 7.36. The lowest BCUT2D eigenvalue weighted by Gasteiger charge is -2.12. The Hall–Kier alpha value is -2.14. The van der Waals surface area contributed by atoms with E-state index in [2.05, 4.69) is 11.1 Å². The molecule has 1 aromatic carbocycles. The van der Waals surface area contributed by atoms with Crippen molar-refractivity contribution < 1.29 is 4.74 Å². The van der Waals surface area contributed by atoms with Gasteiger partial charge >= 0.3 is 0 Å². The number of hydrogen-bond acceptors (Lipinski definition) is 4. The lowest BCUT2D eigenvalue weighted by molar-refractivity contribution is 0.207. The number of nitrogens with zero attached hydrogens (tertiary/aromatic N) is 2. The van der Waals surface area contributed by atoms with Crippen molar-refractivity contribution in [1.29, 1.82) is 0 Å². The molecule has 0 saturated carbocycles. The van der Waals surface area contributed by atoms with Crippen LogP contribution in [0.4, 0.5) is 0 Å². The Morgan fingerprint density at radius 3 is 3.15 bits per heavy atom. The molecule has 1 aliphatic rings. The SMILES string of the molecule is O=c1c2sccc2ncn1CC1Cc2ccccc2O1. The summed E-state index contributed by atoms with van der Waals surface area (Å²) in [5.41, 5.74) is 1.99. The zero-order valence-corrected chi connectivity index (χ0v) is 11.5. The lowest BCUT2D eigenvalue weighted by atomic mass is 10.1. The molecule has 0 N–H and O–H groups in total. The Bertz CT molecular complexity index is 812. The highest BCUT2D eigenvalue weighted by molar-refractivity contribution is 7.17. The summed E-state index contributed by atoms with van der Waals surface area (Å²) >= 11 is 1.44. The third kappa shape index (κ3) is 1.82. The fraction of sp³-hybridized carbons (Fsp3) is 0.200. The molecule has 0 spiro atoms. The van der Waals surface area contributed by atoms with Gasteiger partial charge in [0.15, 0.2) is 0 Å². The Labute approximate surface area is 119 Å². The van der Waals surface area contributed by atoms with Gasteiger partial charge in [-0.05, 0) is 23.1 Å². The normalized spacial score (nSPS) is 17.1. The third-order valence-electron chi connectivity index (χ3n) is 3.55. The maximum absolute atomic E-state index is 12.3. The molecule has 0 radical (unpaired) electrons. The van der Waals surface area contributed by atoms with E-state index in [1.165, 1.54) is 16.9 Å². The summed E-state index contributed by atoms with van der Waals surface area (Å²) in [6.07, 6.45) is 2.46. The number of benzene rings is 1. The van der Waals surface area contributed by atoms with E-state index in [0.717, 1.165) is 17.7 Å². The van der Waals surface area contributed by atoms with E-state index in [4.69, 9.17) is 4.74 Å². The van der Waals surface area contributed by atoms with Gasteiger partial charge in [-0.1, -0.05) is 18.2 Å². The van der Waals surface area contributed by atoms with Gasteiger partial charge in [0.05, 0.1) is 18.4 Å². The predicted molar refractivity (Wildman–Crippen MR) is 78.4 cm³/mol. The van der Waals surface area contributed by atoms with E-state index in [-0.39, 0.29) is 11.7 Å². The maximum atomic E-state index is 12.3. The van der Waals surface area contributed by atoms with Crippen molar-refractivity contribution >= 4 is 21.6 Å². The smallest absolute Gasteiger partial charge is 0.271 e. The van der Waals surface area contributed by atoms with Crippen molar-refractivity contribution in [1.82, 2.24) is 9.55 Å². The van der Waals surface area contributed by atoms with Crippen LogP contribution in [0.25, 0.3) is 10.2 Å². The van der Waals surface area contributed by atoms with Crippen LogP contribution < -0.4 is 10.3 Å². The Kier molecular flexibility index (Phi) is 2.60. The van der Waals surface area contributed by atoms with E-state index in [1.54, 1.807) is 10.9 Å². The van der Waals surface area contributed by atoms with Gasteiger partial charge in [0.25, 0.3) is 5.56 Å². The molecule has 20 heavy (non-hydrogen) atoms. The van der Waals surface area contributed by atoms with Crippen LogP contribution in [0.5, 0.6) is 5.75 Å². The number of fused-ring (bicyclic) bond motifs is 2. The molecule has 1 unspecified atom stereocenters. The molecule has 4 rings (SSSR count). The Morgan fingerprint density at radius 2 is 2.25 bits per heavy atom. The number of rotatable bonds is 2. The van der Waals surface area contributed by atoms with E-state index in [9.17, 15) is 4.79 Å². The van der Waals surface area contributed by atoms with Crippen molar-refractivity contribution in [3.8, 4) is 5.75 Å². The number of para-hydroxylation sites is 1. The van der Waals surface area contributed by atoms with Crippen LogP contribution in [0.1, 0.15) is 5.56 Å². The van der Waals surface area contributed by atoms with Gasteiger partial charge in [0, 0.05) is 6.42 Å². The number of aromatic nitrogens is 2. The summed E-state index contributed by atoms with van der Waals surface area (Å²) in [5.74, 6) is 0.927. The summed E-state index contributed by atoms with van der Waals surface area (Å²) in [6, 6.07) is 9.88. The van der Waals surface area contributed by atoms with E-state index in [1.807, 2.05) is 29.6 Å². The predicted octanol–water partition coefficient (Wildman–Crippen LogP) is 2.46. The standard InChI is InChI=1S/C15H12N2O2S/c18-15-14-12(5-6-20-14)16-9-17(15)8-11-7-10-3-1-2-4-13(10)19-11/h1-6,9,11H,7-8H2. The largest absolute Gasteiger partial charge is 0.488 e. The average Bonchev–Trinajstić information content (AvgIpc) is 3.08. The molecule has 3 aromatic rings. The first-order valence-electron chi connectivity index (χ1n) is 6.48. The highest BCUT2D eigenvalue weighted by Crippen LogP contribution is 2.28. The summed E-state index contributed by atoms with van der Waals surface area (Å²) in [6.45, 7) is 0.536. The lowest BCUT2D eigenvalue weighted by Crippen LogP contribution is -2.28. The topological polar surface area (TPSA) is 44.1 Å². The van der Waals surface area contributed by atoms with Gasteiger partial charge < -0.3 is 4.74 Å². The van der Waals surface area contributed by atoms with Crippen molar-refractivity contribution in [2.24, 2.45) is 0 Å². The molecular weight excluding hydrogens is 272 g/mol. The second kappa shape index (κ2) is 4.45. The second-order valence-electron chi connectivity index (χ2n) is 4.89. The van der Waals surface area contributed by atoms with Gasteiger partial charge in [-0.3, -0.25) is 9.36 Å². The highest BCUT2D eigenvalue weighted by atomic mass is 32.1. The second-order valence-corrected chi connectivity index (χ2v) is 5.80. The molecular formula is C15H12N2O2S. The molecule has 0 saturated heterocycles. The van der Waals surface area contributed by atoms with Crippen LogP contribution in [-0.2, 0) is 13.0 Å².